The number of nitrogens with zero attached hydrogens (tertiary/aromatic N) is 2. The Morgan fingerprint density at radius 2 is 2.47 bits per heavy atom. The molecule has 0 saturated carbocycles. The Balaban J connectivity index is 1.67. The highest BCUT2D eigenvalue weighted by Crippen LogP contribution is 2.16. The van der Waals surface area contributed by atoms with Gasteiger partial charge >= 0.3 is 0 Å². The van der Waals surface area contributed by atoms with Gasteiger partial charge in [0.2, 0.25) is 0 Å². The molecule has 4 nitrogen and oxygen atoms in total. The lowest BCUT2D eigenvalue weighted by molar-refractivity contribution is 0.0112. The van der Waals surface area contributed by atoms with E-state index < -0.39 is 0 Å². The normalized spacial score (nSPS) is 22.6. The van der Waals surface area contributed by atoms with E-state index in [-0.39, 0.29) is 0 Å². The zero-order chi connectivity index (χ0) is 12.1. The average Bonchev–Trinajstić information content (AvgIpc) is 2.77. The van der Waals surface area contributed by atoms with Crippen LogP contribution in [0.4, 0.5) is 0 Å². The zero-order valence-corrected chi connectivity index (χ0v) is 10.9. The third-order valence-electron chi connectivity index (χ3n) is 3.42. The van der Waals surface area contributed by atoms with Crippen molar-refractivity contribution < 1.29 is 4.74 Å². The predicted molar refractivity (Wildman–Crippen MR) is 67.8 cm³/mol. The molecule has 1 aromatic rings. The van der Waals surface area contributed by atoms with Gasteiger partial charge in [0.05, 0.1) is 12.3 Å². The molecule has 4 heteroatoms. The highest BCUT2D eigenvalue weighted by molar-refractivity contribution is 5.08. The number of hydrogen-bond acceptors (Lipinski definition) is 3. The SMILES string of the molecule is CC(NCCC1CCCCO1)c1cnn(C)c1. The lowest BCUT2D eigenvalue weighted by Crippen LogP contribution is -2.26. The number of aryl methyl sites for hydroxylation is 1. The molecule has 2 unspecified atom stereocenters. The first-order valence-electron chi connectivity index (χ1n) is 6.59. The highest BCUT2D eigenvalue weighted by atomic mass is 16.5. The van der Waals surface area contributed by atoms with Crippen LogP contribution in [0.3, 0.4) is 0 Å². The Bertz CT molecular complexity index is 331. The summed E-state index contributed by atoms with van der Waals surface area (Å²) in [6.07, 6.45) is 9.35. The van der Waals surface area contributed by atoms with Gasteiger partial charge < -0.3 is 10.1 Å². The van der Waals surface area contributed by atoms with E-state index in [2.05, 4.69) is 23.5 Å². The molecule has 1 fully saturated rings. The van der Waals surface area contributed by atoms with E-state index in [0.29, 0.717) is 12.1 Å². The van der Waals surface area contributed by atoms with Crippen LogP contribution in [0.25, 0.3) is 0 Å². The van der Waals surface area contributed by atoms with Crippen molar-refractivity contribution in [2.45, 2.75) is 44.8 Å². The average molecular weight is 237 g/mol. The second-order valence-electron chi connectivity index (χ2n) is 4.90. The maximum Gasteiger partial charge on any atom is 0.0587 e. The number of rotatable bonds is 5. The molecule has 1 N–H and O–H groups in total. The second-order valence-corrected chi connectivity index (χ2v) is 4.90. The molecule has 1 aliphatic heterocycles. The van der Waals surface area contributed by atoms with Gasteiger partial charge in [-0.15, -0.1) is 0 Å². The van der Waals surface area contributed by atoms with Crippen molar-refractivity contribution in [2.75, 3.05) is 13.2 Å². The summed E-state index contributed by atoms with van der Waals surface area (Å²) < 4.78 is 7.56. The number of hydrogen-bond donors (Lipinski definition) is 1. The molecule has 96 valence electrons. The summed E-state index contributed by atoms with van der Waals surface area (Å²) in [6.45, 7) is 4.14. The molecule has 1 saturated heterocycles. The molecule has 2 heterocycles. The van der Waals surface area contributed by atoms with Crippen LogP contribution in [0.5, 0.6) is 0 Å². The summed E-state index contributed by atoms with van der Waals surface area (Å²) in [7, 11) is 1.95. The molecule has 0 aromatic carbocycles. The zero-order valence-electron chi connectivity index (χ0n) is 10.9. The number of ether oxygens (including phenoxy) is 1. The van der Waals surface area contributed by atoms with Gasteiger partial charge in [0.15, 0.2) is 0 Å². The van der Waals surface area contributed by atoms with Crippen molar-refractivity contribution in [1.29, 1.82) is 0 Å². The van der Waals surface area contributed by atoms with Gasteiger partial charge in [-0.1, -0.05) is 0 Å². The molecule has 0 amide bonds. The molecular weight excluding hydrogens is 214 g/mol. The monoisotopic (exact) mass is 237 g/mol. The molecule has 0 bridgehead atoms. The fourth-order valence-electron chi connectivity index (χ4n) is 2.28. The summed E-state index contributed by atoms with van der Waals surface area (Å²) in [5.41, 5.74) is 1.25. The van der Waals surface area contributed by atoms with E-state index in [1.165, 1.54) is 24.8 Å². The van der Waals surface area contributed by atoms with Crippen molar-refractivity contribution in [3.05, 3.63) is 18.0 Å². The maximum atomic E-state index is 5.71. The summed E-state index contributed by atoms with van der Waals surface area (Å²) in [4.78, 5) is 0. The second kappa shape index (κ2) is 6.17. The number of nitrogens with one attached hydrogen (secondary N) is 1. The van der Waals surface area contributed by atoms with Crippen molar-refractivity contribution in [3.8, 4) is 0 Å². The first-order chi connectivity index (χ1) is 8.25. The van der Waals surface area contributed by atoms with Crippen LogP contribution in [0.15, 0.2) is 12.4 Å². The molecule has 0 spiro atoms. The Hall–Kier alpha value is -0.870. The Labute approximate surface area is 103 Å². The third kappa shape index (κ3) is 3.82. The maximum absolute atomic E-state index is 5.71. The fourth-order valence-corrected chi connectivity index (χ4v) is 2.28. The van der Waals surface area contributed by atoms with Crippen LogP contribution in [0.2, 0.25) is 0 Å². The van der Waals surface area contributed by atoms with Gasteiger partial charge in [-0.05, 0) is 39.2 Å². The molecular formula is C13H23N3O. The van der Waals surface area contributed by atoms with E-state index in [4.69, 9.17) is 4.74 Å². The van der Waals surface area contributed by atoms with Crippen molar-refractivity contribution in [1.82, 2.24) is 15.1 Å². The van der Waals surface area contributed by atoms with E-state index in [9.17, 15) is 0 Å². The summed E-state index contributed by atoms with van der Waals surface area (Å²) in [5, 5.41) is 7.71. The van der Waals surface area contributed by atoms with Crippen LogP contribution in [-0.2, 0) is 11.8 Å². The van der Waals surface area contributed by atoms with Gasteiger partial charge in [0.25, 0.3) is 0 Å². The van der Waals surface area contributed by atoms with Crippen molar-refractivity contribution in [3.63, 3.8) is 0 Å². The first kappa shape index (κ1) is 12.6. The Kier molecular flexibility index (Phi) is 4.57. The van der Waals surface area contributed by atoms with E-state index in [1.807, 2.05) is 17.9 Å². The van der Waals surface area contributed by atoms with Crippen LogP contribution >= 0.6 is 0 Å². The van der Waals surface area contributed by atoms with Crippen LogP contribution in [0, 0.1) is 0 Å². The van der Waals surface area contributed by atoms with E-state index in [1.54, 1.807) is 0 Å². The fraction of sp³-hybridized carbons (Fsp3) is 0.769. The van der Waals surface area contributed by atoms with Gasteiger partial charge in [0, 0.05) is 31.5 Å². The summed E-state index contributed by atoms with van der Waals surface area (Å²) >= 11 is 0. The quantitative estimate of drug-likeness (QED) is 0.851. The molecule has 0 radical (unpaired) electrons. The predicted octanol–water partition coefficient (Wildman–Crippen LogP) is 2.03. The first-order valence-corrected chi connectivity index (χ1v) is 6.59. The lowest BCUT2D eigenvalue weighted by atomic mass is 10.1. The molecule has 2 atom stereocenters. The lowest BCUT2D eigenvalue weighted by Gasteiger charge is -2.23. The van der Waals surface area contributed by atoms with Crippen LogP contribution in [0.1, 0.15) is 44.2 Å². The van der Waals surface area contributed by atoms with Crippen LogP contribution in [-0.4, -0.2) is 29.0 Å². The largest absolute Gasteiger partial charge is 0.378 e. The van der Waals surface area contributed by atoms with Gasteiger partial charge in [-0.2, -0.15) is 5.10 Å². The van der Waals surface area contributed by atoms with E-state index >= 15 is 0 Å². The van der Waals surface area contributed by atoms with Crippen molar-refractivity contribution in [2.24, 2.45) is 7.05 Å². The Morgan fingerprint density at radius 1 is 1.59 bits per heavy atom. The molecule has 0 aliphatic carbocycles. The number of aromatic nitrogens is 2. The van der Waals surface area contributed by atoms with Gasteiger partial charge in [0.1, 0.15) is 0 Å². The van der Waals surface area contributed by atoms with Crippen molar-refractivity contribution >= 4 is 0 Å². The highest BCUT2D eigenvalue weighted by Gasteiger charge is 2.14. The molecule has 1 aliphatic rings. The van der Waals surface area contributed by atoms with Gasteiger partial charge in [-0.25, -0.2) is 0 Å². The smallest absolute Gasteiger partial charge is 0.0587 e. The third-order valence-corrected chi connectivity index (χ3v) is 3.42. The topological polar surface area (TPSA) is 39.1 Å². The van der Waals surface area contributed by atoms with E-state index in [0.717, 1.165) is 19.6 Å². The summed E-state index contributed by atoms with van der Waals surface area (Å²) in [6, 6.07) is 0.368. The standard InChI is InChI=1S/C13H23N3O/c1-11(12-9-15-16(2)10-12)14-7-6-13-5-3-4-8-17-13/h9-11,13-14H,3-8H2,1-2H3. The van der Waals surface area contributed by atoms with Crippen LogP contribution < -0.4 is 5.32 Å². The summed E-state index contributed by atoms with van der Waals surface area (Å²) in [5.74, 6) is 0. The molecule has 1 aromatic heterocycles. The van der Waals surface area contributed by atoms with Gasteiger partial charge in [-0.3, -0.25) is 4.68 Å². The minimum absolute atomic E-state index is 0.368. The Morgan fingerprint density at radius 3 is 3.12 bits per heavy atom. The molecule has 2 rings (SSSR count). The molecule has 17 heavy (non-hydrogen) atoms. The minimum atomic E-state index is 0.368. The minimum Gasteiger partial charge on any atom is -0.378 e.